The maximum Gasteiger partial charge on any atom is 0.137 e. The Bertz CT molecular complexity index is 246. The highest BCUT2D eigenvalue weighted by molar-refractivity contribution is 6.32. The summed E-state index contributed by atoms with van der Waals surface area (Å²) < 4.78 is 5.01. The number of hydrogen-bond donors (Lipinski definition) is 0. The molecule has 0 N–H and O–H groups in total. The topological polar surface area (TPSA) is 9.23 Å². The fourth-order valence-corrected chi connectivity index (χ4v) is 1.21. The molecular weight excluding hydrogens is 184 g/mol. The Labute approximate surface area is 85.7 Å². The molecule has 0 aromatic heterocycles. The van der Waals surface area contributed by atoms with Gasteiger partial charge in [0, 0.05) is 0 Å². The summed E-state index contributed by atoms with van der Waals surface area (Å²) in [5.41, 5.74) is 1.23. The van der Waals surface area contributed by atoms with Crippen molar-refractivity contribution in [1.82, 2.24) is 0 Å². The van der Waals surface area contributed by atoms with E-state index in [9.17, 15) is 0 Å². The Hall–Kier alpha value is -0.690. The van der Waals surface area contributed by atoms with Crippen LogP contribution in [-0.4, -0.2) is 7.11 Å². The van der Waals surface area contributed by atoms with Gasteiger partial charge in [-0.1, -0.05) is 38.4 Å². The first-order valence-electron chi connectivity index (χ1n) is 4.60. The van der Waals surface area contributed by atoms with Gasteiger partial charge in [0.25, 0.3) is 0 Å². The minimum Gasteiger partial charge on any atom is -0.495 e. The van der Waals surface area contributed by atoms with Crippen LogP contribution < -0.4 is 4.74 Å². The van der Waals surface area contributed by atoms with E-state index in [-0.39, 0.29) is 0 Å². The molecule has 0 saturated carbocycles. The van der Waals surface area contributed by atoms with E-state index in [4.69, 9.17) is 16.3 Å². The molecule has 1 rings (SSSR count). The number of rotatable bonds is 2. The second-order valence-corrected chi connectivity index (χ2v) is 2.73. The minimum atomic E-state index is 0.687. The summed E-state index contributed by atoms with van der Waals surface area (Å²) in [5, 5.41) is 0.687. The van der Waals surface area contributed by atoms with E-state index in [1.165, 1.54) is 5.56 Å². The van der Waals surface area contributed by atoms with E-state index in [1.54, 1.807) is 7.11 Å². The molecule has 0 aliphatic rings. The molecule has 0 atom stereocenters. The summed E-state index contributed by atoms with van der Waals surface area (Å²) in [6.45, 7) is 6.10. The summed E-state index contributed by atoms with van der Waals surface area (Å²) in [7, 11) is 1.62. The molecule has 0 unspecified atom stereocenters. The quantitative estimate of drug-likeness (QED) is 0.703. The molecule has 0 aliphatic heterocycles. The summed E-state index contributed by atoms with van der Waals surface area (Å²) in [4.78, 5) is 0. The molecule has 2 heteroatoms. The number of ether oxygens (including phenoxy) is 1. The lowest BCUT2D eigenvalue weighted by atomic mass is 10.2. The van der Waals surface area contributed by atoms with E-state index < -0.39 is 0 Å². The van der Waals surface area contributed by atoms with Crippen LogP contribution in [0.15, 0.2) is 18.2 Å². The zero-order valence-electron chi connectivity index (χ0n) is 8.73. The van der Waals surface area contributed by atoms with Crippen LogP contribution in [0.5, 0.6) is 5.75 Å². The number of hydrogen-bond acceptors (Lipinski definition) is 1. The van der Waals surface area contributed by atoms with Crippen molar-refractivity contribution in [2.75, 3.05) is 7.11 Å². The van der Waals surface area contributed by atoms with Crippen LogP contribution in [-0.2, 0) is 6.42 Å². The summed E-state index contributed by atoms with van der Waals surface area (Å²) >= 11 is 5.88. The molecule has 0 saturated heterocycles. The second kappa shape index (κ2) is 6.79. The lowest BCUT2D eigenvalue weighted by Crippen LogP contribution is -1.85. The van der Waals surface area contributed by atoms with E-state index in [0.717, 1.165) is 12.2 Å². The fraction of sp³-hybridized carbons (Fsp3) is 0.455. The van der Waals surface area contributed by atoms with E-state index >= 15 is 0 Å². The van der Waals surface area contributed by atoms with Gasteiger partial charge in [-0.25, -0.2) is 0 Å². The molecule has 0 fully saturated rings. The van der Waals surface area contributed by atoms with Gasteiger partial charge in [0.2, 0.25) is 0 Å². The van der Waals surface area contributed by atoms with Crippen molar-refractivity contribution in [3.63, 3.8) is 0 Å². The smallest absolute Gasteiger partial charge is 0.137 e. The molecule has 13 heavy (non-hydrogen) atoms. The molecule has 1 nitrogen and oxygen atoms in total. The summed E-state index contributed by atoms with van der Waals surface area (Å²) in [6, 6.07) is 5.84. The Morgan fingerprint density at radius 1 is 1.31 bits per heavy atom. The maximum atomic E-state index is 5.88. The minimum absolute atomic E-state index is 0.687. The van der Waals surface area contributed by atoms with Gasteiger partial charge in [0.05, 0.1) is 12.1 Å². The van der Waals surface area contributed by atoms with Gasteiger partial charge < -0.3 is 4.74 Å². The van der Waals surface area contributed by atoms with Crippen molar-refractivity contribution in [1.29, 1.82) is 0 Å². The van der Waals surface area contributed by atoms with E-state index in [2.05, 4.69) is 6.92 Å². The molecule has 1 aromatic rings. The van der Waals surface area contributed by atoms with Crippen LogP contribution in [0.2, 0.25) is 5.02 Å². The average molecular weight is 201 g/mol. The Morgan fingerprint density at radius 2 is 1.92 bits per heavy atom. The Morgan fingerprint density at radius 3 is 2.31 bits per heavy atom. The molecule has 1 aromatic carbocycles. The van der Waals surface area contributed by atoms with Gasteiger partial charge in [-0.05, 0) is 24.1 Å². The number of aryl methyl sites for hydroxylation is 1. The van der Waals surface area contributed by atoms with Crippen molar-refractivity contribution < 1.29 is 4.74 Å². The van der Waals surface area contributed by atoms with Gasteiger partial charge >= 0.3 is 0 Å². The van der Waals surface area contributed by atoms with Gasteiger partial charge in [-0.3, -0.25) is 0 Å². The van der Waals surface area contributed by atoms with Crippen LogP contribution >= 0.6 is 11.6 Å². The zero-order chi connectivity index (χ0) is 10.3. The van der Waals surface area contributed by atoms with Crippen LogP contribution in [0.25, 0.3) is 0 Å². The normalized spacial score (nSPS) is 8.69. The van der Waals surface area contributed by atoms with Crippen molar-refractivity contribution in [2.45, 2.75) is 27.2 Å². The molecule has 0 bridgehead atoms. The highest BCUT2D eigenvalue weighted by Gasteiger charge is 1.98. The Balaban J connectivity index is 0.000000671. The first kappa shape index (κ1) is 12.3. The molecular formula is C11H17ClO. The highest BCUT2D eigenvalue weighted by Crippen LogP contribution is 2.24. The van der Waals surface area contributed by atoms with Crippen molar-refractivity contribution in [3.05, 3.63) is 28.8 Å². The van der Waals surface area contributed by atoms with Crippen LogP contribution in [0.1, 0.15) is 26.3 Å². The zero-order valence-corrected chi connectivity index (χ0v) is 9.48. The first-order valence-corrected chi connectivity index (χ1v) is 4.98. The predicted octanol–water partition coefficient (Wildman–Crippen LogP) is 3.94. The SMILES string of the molecule is CC.CCc1ccc(OC)c(Cl)c1. The lowest BCUT2D eigenvalue weighted by Gasteiger charge is -2.03. The van der Waals surface area contributed by atoms with Gasteiger partial charge in [-0.2, -0.15) is 0 Å². The monoisotopic (exact) mass is 200 g/mol. The molecule has 0 amide bonds. The number of benzene rings is 1. The summed E-state index contributed by atoms with van der Waals surface area (Å²) in [5.74, 6) is 0.740. The maximum absolute atomic E-state index is 5.88. The first-order chi connectivity index (χ1) is 6.27. The van der Waals surface area contributed by atoms with Gasteiger partial charge in [0.15, 0.2) is 0 Å². The summed E-state index contributed by atoms with van der Waals surface area (Å²) in [6.07, 6.45) is 1.00. The molecule has 74 valence electrons. The molecule has 0 heterocycles. The molecule has 0 spiro atoms. The van der Waals surface area contributed by atoms with Crippen molar-refractivity contribution in [2.24, 2.45) is 0 Å². The van der Waals surface area contributed by atoms with Crippen LogP contribution in [0, 0.1) is 0 Å². The highest BCUT2D eigenvalue weighted by atomic mass is 35.5. The predicted molar refractivity (Wildman–Crippen MR) is 58.7 cm³/mol. The van der Waals surface area contributed by atoms with Gasteiger partial charge in [-0.15, -0.1) is 0 Å². The lowest BCUT2D eigenvalue weighted by molar-refractivity contribution is 0.415. The van der Waals surface area contributed by atoms with Crippen LogP contribution in [0.3, 0.4) is 0 Å². The number of methoxy groups -OCH3 is 1. The van der Waals surface area contributed by atoms with Gasteiger partial charge in [0.1, 0.15) is 5.75 Å². The third-order valence-corrected chi connectivity index (χ3v) is 1.92. The third-order valence-electron chi connectivity index (χ3n) is 1.62. The van der Waals surface area contributed by atoms with E-state index in [1.807, 2.05) is 32.0 Å². The largest absolute Gasteiger partial charge is 0.495 e. The second-order valence-electron chi connectivity index (χ2n) is 2.32. The molecule has 0 radical (unpaired) electrons. The van der Waals surface area contributed by atoms with Crippen molar-refractivity contribution >= 4 is 11.6 Å². The third kappa shape index (κ3) is 3.69. The van der Waals surface area contributed by atoms with Crippen molar-refractivity contribution in [3.8, 4) is 5.75 Å². The van der Waals surface area contributed by atoms with Crippen LogP contribution in [0.4, 0.5) is 0 Å². The number of halogens is 1. The van der Waals surface area contributed by atoms with E-state index in [0.29, 0.717) is 5.02 Å². The molecule has 0 aliphatic carbocycles. The average Bonchev–Trinajstić information content (AvgIpc) is 2.20. The fourth-order valence-electron chi connectivity index (χ4n) is 0.930. The standard InChI is InChI=1S/C9H11ClO.C2H6/c1-3-7-4-5-9(11-2)8(10)6-7;1-2/h4-6H,3H2,1-2H3;1-2H3. The Kier molecular flexibility index (Phi) is 6.43.